The summed E-state index contributed by atoms with van der Waals surface area (Å²) in [5.41, 5.74) is 5.50. The van der Waals surface area contributed by atoms with Gasteiger partial charge in [-0.25, -0.2) is 4.89 Å². The third-order valence-electron chi connectivity index (χ3n) is 0.943. The van der Waals surface area contributed by atoms with Crippen molar-refractivity contribution < 1.29 is 14.5 Å². The molecule has 0 bridgehead atoms. The summed E-state index contributed by atoms with van der Waals surface area (Å²) < 4.78 is 5.01. The summed E-state index contributed by atoms with van der Waals surface area (Å²) in [6, 6.07) is 0. The van der Waals surface area contributed by atoms with Crippen LogP contribution in [0.15, 0.2) is 0 Å². The molecule has 4 heteroatoms. The van der Waals surface area contributed by atoms with E-state index in [1.807, 2.05) is 13.8 Å². The van der Waals surface area contributed by atoms with Crippen molar-refractivity contribution in [2.45, 2.75) is 33.1 Å². The maximum Gasteiger partial charge on any atom is 0.252 e. The van der Waals surface area contributed by atoms with Crippen LogP contribution in [-0.4, -0.2) is 19.1 Å². The second kappa shape index (κ2) is 5.49. The molecule has 0 saturated heterocycles. The third-order valence-corrected chi connectivity index (χ3v) is 0.943. The first-order chi connectivity index (χ1) is 5.12. The van der Waals surface area contributed by atoms with Crippen LogP contribution in [0.2, 0.25) is 0 Å². The van der Waals surface area contributed by atoms with E-state index in [0.29, 0.717) is 13.2 Å². The predicted molar refractivity (Wildman–Crippen MR) is 41.5 cm³/mol. The molecule has 0 radical (unpaired) electrons. The maximum atomic E-state index is 5.50. The van der Waals surface area contributed by atoms with Gasteiger partial charge in [0, 0.05) is 13.5 Å². The molecule has 0 aliphatic rings. The molecule has 2 N–H and O–H groups in total. The van der Waals surface area contributed by atoms with E-state index < -0.39 is 5.91 Å². The Bertz CT molecular complexity index is 95.7. The number of nitrogens with two attached hydrogens (primary N) is 1. The van der Waals surface area contributed by atoms with Gasteiger partial charge in [-0.2, -0.15) is 4.89 Å². The van der Waals surface area contributed by atoms with Gasteiger partial charge in [-0.3, -0.25) is 5.73 Å². The molecule has 0 saturated carbocycles. The van der Waals surface area contributed by atoms with E-state index in [9.17, 15) is 0 Å². The average molecular weight is 163 g/mol. The summed E-state index contributed by atoms with van der Waals surface area (Å²) >= 11 is 0. The Labute approximate surface area is 67.5 Å². The van der Waals surface area contributed by atoms with Crippen LogP contribution in [0, 0.1) is 0 Å². The highest BCUT2D eigenvalue weighted by molar-refractivity contribution is 4.45. The van der Waals surface area contributed by atoms with Crippen LogP contribution >= 0.6 is 0 Å². The van der Waals surface area contributed by atoms with Gasteiger partial charge in [0.25, 0.3) is 5.91 Å². The summed E-state index contributed by atoms with van der Waals surface area (Å²) in [5, 5.41) is 0. The predicted octanol–water partition coefficient (Wildman–Crippen LogP) is 1.01. The smallest absolute Gasteiger partial charge is 0.252 e. The van der Waals surface area contributed by atoms with Crippen molar-refractivity contribution in [1.82, 2.24) is 0 Å². The molecule has 0 spiro atoms. The van der Waals surface area contributed by atoms with Gasteiger partial charge in [0.15, 0.2) is 0 Å². The molecule has 0 fully saturated rings. The molecule has 0 aromatic heterocycles. The lowest BCUT2D eigenvalue weighted by atomic mass is 10.5. The first-order valence-corrected chi connectivity index (χ1v) is 3.86. The molecule has 0 aliphatic heterocycles. The van der Waals surface area contributed by atoms with Crippen molar-refractivity contribution in [3.8, 4) is 0 Å². The Morgan fingerprint density at radius 3 is 2.45 bits per heavy atom. The van der Waals surface area contributed by atoms with Crippen LogP contribution < -0.4 is 5.73 Å². The van der Waals surface area contributed by atoms with Gasteiger partial charge < -0.3 is 4.74 Å². The van der Waals surface area contributed by atoms with E-state index in [1.165, 1.54) is 0 Å². The Kier molecular flexibility index (Phi) is 5.41. The topological polar surface area (TPSA) is 53.7 Å². The van der Waals surface area contributed by atoms with Crippen LogP contribution in [0.5, 0.6) is 0 Å². The number of rotatable bonds is 6. The maximum absolute atomic E-state index is 5.50. The molecular weight excluding hydrogens is 146 g/mol. The zero-order valence-electron chi connectivity index (χ0n) is 7.42. The van der Waals surface area contributed by atoms with E-state index in [0.717, 1.165) is 6.42 Å². The summed E-state index contributed by atoms with van der Waals surface area (Å²) in [6.07, 6.45) is 0.891. The minimum absolute atomic E-state index is 0.502. The van der Waals surface area contributed by atoms with Gasteiger partial charge in [-0.15, -0.1) is 0 Å². The quantitative estimate of drug-likeness (QED) is 0.275. The third kappa shape index (κ3) is 6.25. The summed E-state index contributed by atoms with van der Waals surface area (Å²) in [4.78, 5) is 9.52. The van der Waals surface area contributed by atoms with Gasteiger partial charge >= 0.3 is 0 Å². The van der Waals surface area contributed by atoms with Crippen LogP contribution in [0.3, 0.4) is 0 Å². The van der Waals surface area contributed by atoms with Gasteiger partial charge in [-0.1, -0.05) is 6.92 Å². The Hall–Kier alpha value is -0.160. The van der Waals surface area contributed by atoms with Gasteiger partial charge in [-0.05, 0) is 13.3 Å². The van der Waals surface area contributed by atoms with Gasteiger partial charge in [0.1, 0.15) is 0 Å². The van der Waals surface area contributed by atoms with Gasteiger partial charge in [0.2, 0.25) is 0 Å². The molecule has 11 heavy (non-hydrogen) atoms. The monoisotopic (exact) mass is 163 g/mol. The molecule has 0 rings (SSSR count). The SMILES string of the molecule is CCCOOC(C)(N)OCC. The van der Waals surface area contributed by atoms with Crippen molar-refractivity contribution in [3.63, 3.8) is 0 Å². The fourth-order valence-electron chi connectivity index (χ4n) is 0.553. The largest absolute Gasteiger partial charge is 0.336 e. The molecule has 0 aliphatic carbocycles. The lowest BCUT2D eigenvalue weighted by Crippen LogP contribution is -2.42. The highest BCUT2D eigenvalue weighted by Crippen LogP contribution is 2.04. The molecule has 1 unspecified atom stereocenters. The normalized spacial score (nSPS) is 16.4. The van der Waals surface area contributed by atoms with E-state index in [2.05, 4.69) is 0 Å². The van der Waals surface area contributed by atoms with Crippen LogP contribution in [0.25, 0.3) is 0 Å². The average Bonchev–Trinajstić information content (AvgIpc) is 1.87. The fraction of sp³-hybridized carbons (Fsp3) is 1.00. The highest BCUT2D eigenvalue weighted by Gasteiger charge is 2.19. The second-order valence-corrected chi connectivity index (χ2v) is 2.35. The second-order valence-electron chi connectivity index (χ2n) is 2.35. The zero-order valence-corrected chi connectivity index (χ0v) is 7.42. The van der Waals surface area contributed by atoms with Crippen LogP contribution in [0.1, 0.15) is 27.2 Å². The first kappa shape index (κ1) is 10.8. The van der Waals surface area contributed by atoms with Crippen molar-refractivity contribution in [2.24, 2.45) is 5.73 Å². The fourth-order valence-corrected chi connectivity index (χ4v) is 0.553. The molecule has 1 atom stereocenters. The molecule has 0 aromatic carbocycles. The lowest BCUT2D eigenvalue weighted by Gasteiger charge is -2.22. The van der Waals surface area contributed by atoms with Crippen LogP contribution in [-0.2, 0) is 14.5 Å². The first-order valence-electron chi connectivity index (χ1n) is 3.86. The standard InChI is InChI=1S/C7H17NO3/c1-4-6-10-11-7(3,8)9-5-2/h4-6,8H2,1-3H3. The Morgan fingerprint density at radius 1 is 1.36 bits per heavy atom. The van der Waals surface area contributed by atoms with E-state index >= 15 is 0 Å². The zero-order chi connectivity index (χ0) is 8.74. The summed E-state index contributed by atoms with van der Waals surface area (Å²) in [7, 11) is 0. The van der Waals surface area contributed by atoms with Crippen molar-refractivity contribution in [1.29, 1.82) is 0 Å². The molecule has 4 nitrogen and oxygen atoms in total. The highest BCUT2D eigenvalue weighted by atomic mass is 17.2. The van der Waals surface area contributed by atoms with E-state index in [1.54, 1.807) is 6.92 Å². The van der Waals surface area contributed by atoms with Crippen molar-refractivity contribution >= 4 is 0 Å². The minimum atomic E-state index is -1.12. The molecule has 0 amide bonds. The number of hydrogen-bond acceptors (Lipinski definition) is 4. The number of ether oxygens (including phenoxy) is 1. The summed E-state index contributed by atoms with van der Waals surface area (Å²) in [5.74, 6) is -1.12. The lowest BCUT2D eigenvalue weighted by molar-refractivity contribution is -0.421. The Balaban J connectivity index is 3.38. The number of hydrogen-bond donors (Lipinski definition) is 1. The minimum Gasteiger partial charge on any atom is -0.336 e. The van der Waals surface area contributed by atoms with Crippen molar-refractivity contribution in [2.75, 3.05) is 13.2 Å². The molecule has 0 aromatic rings. The molecular formula is C7H17NO3. The van der Waals surface area contributed by atoms with Crippen LogP contribution in [0.4, 0.5) is 0 Å². The Morgan fingerprint density at radius 2 is 2.00 bits per heavy atom. The molecule has 0 heterocycles. The molecule has 68 valence electrons. The summed E-state index contributed by atoms with van der Waals surface area (Å²) in [6.45, 7) is 6.46. The van der Waals surface area contributed by atoms with Crippen molar-refractivity contribution in [3.05, 3.63) is 0 Å². The van der Waals surface area contributed by atoms with E-state index in [4.69, 9.17) is 20.2 Å². The van der Waals surface area contributed by atoms with E-state index in [-0.39, 0.29) is 0 Å². The van der Waals surface area contributed by atoms with Gasteiger partial charge in [0.05, 0.1) is 6.61 Å².